The van der Waals surface area contributed by atoms with Gasteiger partial charge in [-0.15, -0.1) is 0 Å². The molecule has 1 aliphatic heterocycles. The molecule has 1 aromatic heterocycles. The zero-order chi connectivity index (χ0) is 21.7. The van der Waals surface area contributed by atoms with E-state index >= 15 is 0 Å². The number of fused-ring (bicyclic) bond motifs is 1. The number of benzene rings is 2. The molecule has 1 atom stereocenters. The van der Waals surface area contributed by atoms with Crippen LogP contribution in [-0.4, -0.2) is 26.8 Å². The summed E-state index contributed by atoms with van der Waals surface area (Å²) in [5.41, 5.74) is -0.251. The van der Waals surface area contributed by atoms with Gasteiger partial charge in [0, 0.05) is 24.7 Å². The molecule has 0 spiro atoms. The summed E-state index contributed by atoms with van der Waals surface area (Å²) in [5, 5.41) is 6.46. The molecular formula is C20H16F4N4O2. The lowest BCUT2D eigenvalue weighted by atomic mass is 9.95. The van der Waals surface area contributed by atoms with Gasteiger partial charge in [0.05, 0.1) is 16.7 Å². The van der Waals surface area contributed by atoms with Gasteiger partial charge in [0.2, 0.25) is 11.4 Å². The van der Waals surface area contributed by atoms with E-state index in [1.54, 1.807) is 12.1 Å². The number of imidazole rings is 1. The average molecular weight is 420 g/mol. The fraction of sp³-hybridized carbons (Fsp3) is 0.250. The van der Waals surface area contributed by atoms with Crippen molar-refractivity contribution in [2.24, 2.45) is 12.2 Å². The van der Waals surface area contributed by atoms with Gasteiger partial charge in [0.25, 0.3) is 5.91 Å². The van der Waals surface area contributed by atoms with Gasteiger partial charge in [-0.25, -0.2) is 9.37 Å². The Morgan fingerprint density at radius 1 is 1.23 bits per heavy atom. The molecule has 1 aliphatic rings. The van der Waals surface area contributed by atoms with Crippen LogP contribution in [-0.2, 0) is 22.9 Å². The number of aromatic nitrogens is 2. The first-order chi connectivity index (χ1) is 14.1. The summed E-state index contributed by atoms with van der Waals surface area (Å²) < 4.78 is 54.1. The number of alkyl halides is 3. The molecule has 0 bridgehead atoms. The number of amides is 1. The first kappa shape index (κ1) is 19.9. The Balaban J connectivity index is 1.54. The zero-order valence-corrected chi connectivity index (χ0v) is 15.9. The Labute approximate surface area is 168 Å². The molecule has 6 nitrogen and oxygen atoms in total. The predicted octanol–water partition coefficient (Wildman–Crippen LogP) is 4.25. The maximum absolute atomic E-state index is 14.0. The Kier molecular flexibility index (Phi) is 4.52. The van der Waals surface area contributed by atoms with E-state index in [0.29, 0.717) is 5.71 Å². The zero-order valence-electron chi connectivity index (χ0n) is 15.9. The SMILES string of the molecule is Cn1c(C(F)(F)F)nc2cc(NC(=O)C3(C)CC(c4ccccc4F)=NO3)ccc21. The predicted molar refractivity (Wildman–Crippen MR) is 101 cm³/mol. The normalized spacial score (nSPS) is 18.9. The van der Waals surface area contributed by atoms with Crippen LogP contribution >= 0.6 is 0 Å². The molecule has 4 rings (SSSR count). The van der Waals surface area contributed by atoms with E-state index in [-0.39, 0.29) is 28.7 Å². The molecule has 0 saturated carbocycles. The lowest BCUT2D eigenvalue weighted by Gasteiger charge is -2.20. The summed E-state index contributed by atoms with van der Waals surface area (Å²) in [6, 6.07) is 10.3. The number of anilines is 1. The third-order valence-electron chi connectivity index (χ3n) is 4.92. The molecule has 0 radical (unpaired) electrons. The van der Waals surface area contributed by atoms with E-state index in [1.807, 2.05) is 0 Å². The number of nitrogens with one attached hydrogen (secondary N) is 1. The van der Waals surface area contributed by atoms with Crippen molar-refractivity contribution < 1.29 is 27.2 Å². The van der Waals surface area contributed by atoms with Crippen molar-refractivity contribution >= 4 is 28.3 Å². The van der Waals surface area contributed by atoms with Gasteiger partial charge in [-0.05, 0) is 31.2 Å². The molecule has 30 heavy (non-hydrogen) atoms. The van der Waals surface area contributed by atoms with E-state index in [9.17, 15) is 22.4 Å². The molecule has 1 N–H and O–H groups in total. The van der Waals surface area contributed by atoms with Crippen molar-refractivity contribution in [3.05, 3.63) is 59.7 Å². The van der Waals surface area contributed by atoms with E-state index in [2.05, 4.69) is 15.5 Å². The smallest absolute Gasteiger partial charge is 0.379 e. The minimum Gasteiger partial charge on any atom is -0.379 e. The fourth-order valence-corrected chi connectivity index (χ4v) is 3.30. The summed E-state index contributed by atoms with van der Waals surface area (Å²) in [6.07, 6.45) is -4.56. The number of hydrogen-bond acceptors (Lipinski definition) is 4. The van der Waals surface area contributed by atoms with Crippen LogP contribution in [0.5, 0.6) is 0 Å². The second kappa shape index (κ2) is 6.82. The van der Waals surface area contributed by atoms with Crippen LogP contribution in [0, 0.1) is 5.82 Å². The van der Waals surface area contributed by atoms with Crippen LogP contribution < -0.4 is 5.32 Å². The highest BCUT2D eigenvalue weighted by Gasteiger charge is 2.43. The van der Waals surface area contributed by atoms with Crippen LogP contribution in [0.1, 0.15) is 24.7 Å². The van der Waals surface area contributed by atoms with Crippen LogP contribution in [0.2, 0.25) is 0 Å². The van der Waals surface area contributed by atoms with Crippen molar-refractivity contribution in [2.75, 3.05) is 5.32 Å². The van der Waals surface area contributed by atoms with Crippen LogP contribution in [0.15, 0.2) is 47.6 Å². The van der Waals surface area contributed by atoms with Crippen LogP contribution in [0.4, 0.5) is 23.2 Å². The van der Waals surface area contributed by atoms with Crippen molar-refractivity contribution in [1.29, 1.82) is 0 Å². The standard InChI is InChI=1S/C20H16F4N4O2/c1-19(10-15(27-30-19)12-5-3-4-6-13(12)21)18(29)25-11-7-8-16-14(9-11)26-17(28(16)2)20(22,23)24/h3-9H,10H2,1-2H3,(H,25,29). The van der Waals surface area contributed by atoms with Crippen molar-refractivity contribution in [1.82, 2.24) is 9.55 Å². The van der Waals surface area contributed by atoms with Crippen LogP contribution in [0.3, 0.4) is 0 Å². The van der Waals surface area contributed by atoms with Crippen LogP contribution in [0.25, 0.3) is 11.0 Å². The van der Waals surface area contributed by atoms with Gasteiger partial charge >= 0.3 is 6.18 Å². The first-order valence-electron chi connectivity index (χ1n) is 8.93. The summed E-state index contributed by atoms with van der Waals surface area (Å²) in [4.78, 5) is 21.7. The maximum Gasteiger partial charge on any atom is 0.449 e. The quantitative estimate of drug-likeness (QED) is 0.644. The second-order valence-corrected chi connectivity index (χ2v) is 7.17. The summed E-state index contributed by atoms with van der Waals surface area (Å²) in [5.74, 6) is -2.08. The minimum absolute atomic E-state index is 0.0316. The number of oxime groups is 1. The molecule has 0 fully saturated rings. The molecule has 3 aromatic rings. The first-order valence-corrected chi connectivity index (χ1v) is 8.93. The highest BCUT2D eigenvalue weighted by atomic mass is 19.4. The Hall–Kier alpha value is -3.43. The molecule has 2 heterocycles. The van der Waals surface area contributed by atoms with E-state index in [1.165, 1.54) is 44.3 Å². The molecule has 2 aromatic carbocycles. The summed E-state index contributed by atoms with van der Waals surface area (Å²) in [7, 11) is 1.27. The fourth-order valence-electron chi connectivity index (χ4n) is 3.30. The van der Waals surface area contributed by atoms with E-state index in [0.717, 1.165) is 4.57 Å². The monoisotopic (exact) mass is 420 g/mol. The summed E-state index contributed by atoms with van der Waals surface area (Å²) >= 11 is 0. The van der Waals surface area contributed by atoms with Gasteiger partial charge in [-0.1, -0.05) is 23.4 Å². The highest BCUT2D eigenvalue weighted by Crippen LogP contribution is 2.32. The molecular weight excluding hydrogens is 404 g/mol. The molecule has 1 unspecified atom stereocenters. The maximum atomic E-state index is 14.0. The molecule has 156 valence electrons. The Bertz CT molecular complexity index is 1190. The molecule has 1 amide bonds. The Morgan fingerprint density at radius 2 is 1.97 bits per heavy atom. The van der Waals surface area contributed by atoms with Gasteiger partial charge in [0.15, 0.2) is 0 Å². The molecule has 10 heteroatoms. The highest BCUT2D eigenvalue weighted by molar-refractivity contribution is 6.08. The largest absolute Gasteiger partial charge is 0.449 e. The van der Waals surface area contributed by atoms with Gasteiger partial charge < -0.3 is 14.7 Å². The van der Waals surface area contributed by atoms with E-state index in [4.69, 9.17) is 4.84 Å². The third kappa shape index (κ3) is 3.38. The number of hydrogen-bond donors (Lipinski definition) is 1. The molecule has 0 aliphatic carbocycles. The van der Waals surface area contributed by atoms with Crippen molar-refractivity contribution in [2.45, 2.75) is 25.1 Å². The topological polar surface area (TPSA) is 68.5 Å². The Morgan fingerprint density at radius 3 is 2.67 bits per heavy atom. The lowest BCUT2D eigenvalue weighted by molar-refractivity contribution is -0.146. The van der Waals surface area contributed by atoms with Gasteiger partial charge in [-0.2, -0.15) is 13.2 Å². The van der Waals surface area contributed by atoms with Gasteiger partial charge in [-0.3, -0.25) is 4.79 Å². The number of aryl methyl sites for hydroxylation is 1. The number of halogens is 4. The van der Waals surface area contributed by atoms with Gasteiger partial charge in [0.1, 0.15) is 5.82 Å². The van der Waals surface area contributed by atoms with Crippen molar-refractivity contribution in [3.8, 4) is 0 Å². The summed E-state index contributed by atoms with van der Waals surface area (Å²) in [6.45, 7) is 1.50. The molecule has 0 saturated heterocycles. The minimum atomic E-state index is -4.59. The number of nitrogens with zero attached hydrogens (tertiary/aromatic N) is 3. The second-order valence-electron chi connectivity index (χ2n) is 7.17. The lowest BCUT2D eigenvalue weighted by Crippen LogP contribution is -2.40. The average Bonchev–Trinajstić information content (AvgIpc) is 3.23. The number of carbonyl (C=O) groups is 1. The number of carbonyl (C=O) groups excluding carboxylic acids is 1. The van der Waals surface area contributed by atoms with E-state index < -0.39 is 29.3 Å². The number of rotatable bonds is 3. The van der Waals surface area contributed by atoms with Crippen molar-refractivity contribution in [3.63, 3.8) is 0 Å². The third-order valence-corrected chi connectivity index (χ3v) is 4.92.